The highest BCUT2D eigenvalue weighted by Crippen LogP contribution is 2.40. The van der Waals surface area contributed by atoms with Gasteiger partial charge in [0.25, 0.3) is 0 Å². The Morgan fingerprint density at radius 1 is 1.26 bits per heavy atom. The van der Waals surface area contributed by atoms with E-state index in [4.69, 9.17) is 0 Å². The van der Waals surface area contributed by atoms with Gasteiger partial charge in [-0.2, -0.15) is 0 Å². The SMILES string of the molecule is CC(=O)N1CCC(CN[C@@H]2CC(C)(C)C[C@@H]2C)CC1. The van der Waals surface area contributed by atoms with Gasteiger partial charge in [-0.3, -0.25) is 4.79 Å². The molecule has 0 radical (unpaired) electrons. The van der Waals surface area contributed by atoms with Crippen molar-refractivity contribution in [2.24, 2.45) is 17.3 Å². The van der Waals surface area contributed by atoms with E-state index in [1.54, 1.807) is 6.92 Å². The lowest BCUT2D eigenvalue weighted by Crippen LogP contribution is -2.42. The van der Waals surface area contributed by atoms with Gasteiger partial charge < -0.3 is 10.2 Å². The van der Waals surface area contributed by atoms with E-state index in [1.165, 1.54) is 12.8 Å². The van der Waals surface area contributed by atoms with Crippen LogP contribution in [0.15, 0.2) is 0 Å². The van der Waals surface area contributed by atoms with Gasteiger partial charge in [-0.05, 0) is 49.5 Å². The highest BCUT2D eigenvalue weighted by atomic mass is 16.2. The number of nitrogens with zero attached hydrogens (tertiary/aromatic N) is 1. The highest BCUT2D eigenvalue weighted by molar-refractivity contribution is 5.73. The van der Waals surface area contributed by atoms with Gasteiger partial charge >= 0.3 is 0 Å². The fraction of sp³-hybridized carbons (Fsp3) is 0.938. The highest BCUT2D eigenvalue weighted by Gasteiger charge is 2.36. The zero-order chi connectivity index (χ0) is 14.0. The summed E-state index contributed by atoms with van der Waals surface area (Å²) >= 11 is 0. The Bertz CT molecular complexity index is 319. The van der Waals surface area contributed by atoms with E-state index in [-0.39, 0.29) is 5.91 Å². The molecular weight excluding hydrogens is 236 g/mol. The molecule has 0 unspecified atom stereocenters. The van der Waals surface area contributed by atoms with E-state index in [0.717, 1.165) is 44.3 Å². The van der Waals surface area contributed by atoms with Crippen LogP contribution in [0.3, 0.4) is 0 Å². The first kappa shape index (κ1) is 14.8. The molecule has 0 aromatic heterocycles. The molecule has 1 aliphatic carbocycles. The predicted molar refractivity (Wildman–Crippen MR) is 78.9 cm³/mol. The third kappa shape index (κ3) is 3.95. The van der Waals surface area contributed by atoms with Gasteiger partial charge in [-0.15, -0.1) is 0 Å². The maximum Gasteiger partial charge on any atom is 0.219 e. The van der Waals surface area contributed by atoms with Crippen LogP contribution in [0.4, 0.5) is 0 Å². The molecule has 1 heterocycles. The molecule has 0 spiro atoms. The van der Waals surface area contributed by atoms with Crippen molar-refractivity contribution in [1.82, 2.24) is 10.2 Å². The number of carbonyl (C=O) groups is 1. The molecule has 1 N–H and O–H groups in total. The van der Waals surface area contributed by atoms with E-state index in [1.807, 2.05) is 4.90 Å². The molecule has 3 heteroatoms. The standard InChI is InChI=1S/C16H30N2O/c1-12-9-16(3,4)10-15(12)17-11-14-5-7-18(8-6-14)13(2)19/h12,14-15,17H,5-11H2,1-4H3/t12-,15+/m0/s1. The average molecular weight is 266 g/mol. The van der Waals surface area contributed by atoms with Crippen LogP contribution in [-0.4, -0.2) is 36.5 Å². The van der Waals surface area contributed by atoms with Gasteiger partial charge in [0.05, 0.1) is 0 Å². The van der Waals surface area contributed by atoms with E-state index in [2.05, 4.69) is 26.1 Å². The second-order valence-electron chi connectivity index (χ2n) is 7.51. The largest absolute Gasteiger partial charge is 0.343 e. The first-order valence-electron chi connectivity index (χ1n) is 7.86. The van der Waals surface area contributed by atoms with E-state index in [0.29, 0.717) is 11.5 Å². The van der Waals surface area contributed by atoms with Gasteiger partial charge in [0.2, 0.25) is 5.91 Å². The molecule has 1 amide bonds. The van der Waals surface area contributed by atoms with Crippen molar-refractivity contribution in [2.45, 2.75) is 59.4 Å². The Labute approximate surface area is 118 Å². The minimum Gasteiger partial charge on any atom is -0.343 e. The van der Waals surface area contributed by atoms with Crippen LogP contribution in [-0.2, 0) is 4.79 Å². The molecule has 0 aromatic rings. The summed E-state index contributed by atoms with van der Waals surface area (Å²) in [7, 11) is 0. The molecule has 19 heavy (non-hydrogen) atoms. The lowest BCUT2D eigenvalue weighted by Gasteiger charge is -2.32. The fourth-order valence-corrected chi connectivity index (χ4v) is 3.94. The molecule has 3 nitrogen and oxygen atoms in total. The lowest BCUT2D eigenvalue weighted by atomic mass is 9.91. The second-order valence-corrected chi connectivity index (χ2v) is 7.51. The third-order valence-corrected chi connectivity index (χ3v) is 5.06. The van der Waals surface area contributed by atoms with Crippen LogP contribution in [0.25, 0.3) is 0 Å². The Balaban J connectivity index is 1.71. The molecule has 1 saturated carbocycles. The quantitative estimate of drug-likeness (QED) is 0.852. The summed E-state index contributed by atoms with van der Waals surface area (Å²) in [6.07, 6.45) is 4.97. The molecule has 110 valence electrons. The van der Waals surface area contributed by atoms with E-state index in [9.17, 15) is 4.79 Å². The molecule has 1 saturated heterocycles. The number of hydrogen-bond donors (Lipinski definition) is 1. The molecule has 0 bridgehead atoms. The molecule has 2 fully saturated rings. The molecule has 1 aliphatic heterocycles. The average Bonchev–Trinajstić information content (AvgIpc) is 2.60. The van der Waals surface area contributed by atoms with Crippen molar-refractivity contribution >= 4 is 5.91 Å². The van der Waals surface area contributed by atoms with Crippen LogP contribution >= 0.6 is 0 Å². The predicted octanol–water partition coefficient (Wildman–Crippen LogP) is 2.66. The Kier molecular flexibility index (Phi) is 4.54. The maximum atomic E-state index is 11.3. The lowest BCUT2D eigenvalue weighted by molar-refractivity contribution is -0.130. The number of carbonyl (C=O) groups excluding carboxylic acids is 1. The van der Waals surface area contributed by atoms with Crippen molar-refractivity contribution in [2.75, 3.05) is 19.6 Å². The van der Waals surface area contributed by atoms with E-state index < -0.39 is 0 Å². The zero-order valence-corrected chi connectivity index (χ0v) is 13.0. The van der Waals surface area contributed by atoms with Gasteiger partial charge in [0, 0.05) is 26.1 Å². The summed E-state index contributed by atoms with van der Waals surface area (Å²) in [5.74, 6) is 1.79. The minimum atomic E-state index is 0.234. The second kappa shape index (κ2) is 5.82. The monoisotopic (exact) mass is 266 g/mol. The van der Waals surface area contributed by atoms with Gasteiger partial charge in [-0.1, -0.05) is 20.8 Å². The summed E-state index contributed by atoms with van der Waals surface area (Å²) in [6.45, 7) is 11.9. The Morgan fingerprint density at radius 2 is 1.89 bits per heavy atom. The molecular formula is C16H30N2O. The smallest absolute Gasteiger partial charge is 0.219 e. The topological polar surface area (TPSA) is 32.3 Å². The zero-order valence-electron chi connectivity index (χ0n) is 13.0. The molecule has 2 atom stereocenters. The van der Waals surface area contributed by atoms with Gasteiger partial charge in [0.15, 0.2) is 0 Å². The first-order chi connectivity index (χ1) is 8.87. The summed E-state index contributed by atoms with van der Waals surface area (Å²) in [6, 6.07) is 0.695. The third-order valence-electron chi connectivity index (χ3n) is 5.06. The summed E-state index contributed by atoms with van der Waals surface area (Å²) in [4.78, 5) is 13.3. The number of hydrogen-bond acceptors (Lipinski definition) is 2. The Hall–Kier alpha value is -0.570. The van der Waals surface area contributed by atoms with Crippen molar-refractivity contribution in [3.8, 4) is 0 Å². The molecule has 2 rings (SSSR count). The summed E-state index contributed by atoms with van der Waals surface area (Å²) < 4.78 is 0. The first-order valence-corrected chi connectivity index (χ1v) is 7.86. The normalized spacial score (nSPS) is 31.7. The van der Waals surface area contributed by atoms with Crippen LogP contribution < -0.4 is 5.32 Å². The summed E-state index contributed by atoms with van der Waals surface area (Å²) in [5, 5.41) is 3.80. The van der Waals surface area contributed by atoms with Gasteiger partial charge in [-0.25, -0.2) is 0 Å². The van der Waals surface area contributed by atoms with Crippen molar-refractivity contribution < 1.29 is 4.79 Å². The van der Waals surface area contributed by atoms with E-state index >= 15 is 0 Å². The fourth-order valence-electron chi connectivity index (χ4n) is 3.94. The van der Waals surface area contributed by atoms with Crippen molar-refractivity contribution in [3.63, 3.8) is 0 Å². The van der Waals surface area contributed by atoms with Crippen molar-refractivity contribution in [1.29, 1.82) is 0 Å². The number of rotatable bonds is 3. The minimum absolute atomic E-state index is 0.234. The van der Waals surface area contributed by atoms with Crippen molar-refractivity contribution in [3.05, 3.63) is 0 Å². The number of piperidine rings is 1. The number of amides is 1. The number of nitrogens with one attached hydrogen (secondary N) is 1. The number of likely N-dealkylation sites (tertiary alicyclic amines) is 1. The van der Waals surface area contributed by atoms with Crippen LogP contribution in [0, 0.1) is 17.3 Å². The Morgan fingerprint density at radius 3 is 2.37 bits per heavy atom. The maximum absolute atomic E-state index is 11.3. The molecule has 2 aliphatic rings. The van der Waals surface area contributed by atoms with Gasteiger partial charge in [0.1, 0.15) is 0 Å². The van der Waals surface area contributed by atoms with Crippen LogP contribution in [0.1, 0.15) is 53.4 Å². The van der Waals surface area contributed by atoms with Crippen LogP contribution in [0.2, 0.25) is 0 Å². The van der Waals surface area contributed by atoms with Crippen LogP contribution in [0.5, 0.6) is 0 Å². The summed E-state index contributed by atoms with van der Waals surface area (Å²) in [5.41, 5.74) is 0.509. The molecule has 0 aromatic carbocycles.